The summed E-state index contributed by atoms with van der Waals surface area (Å²) in [7, 11) is 1.34. The van der Waals surface area contributed by atoms with Crippen molar-refractivity contribution in [3.05, 3.63) is 30.5 Å². The summed E-state index contributed by atoms with van der Waals surface area (Å²) in [5.74, 6) is 0. The van der Waals surface area contributed by atoms with Crippen LogP contribution in [0.3, 0.4) is 0 Å². The number of hydrogen-bond acceptors (Lipinski definition) is 2. The number of fused-ring (bicyclic) bond motifs is 1. The van der Waals surface area contributed by atoms with Crippen molar-refractivity contribution in [1.29, 1.82) is 0 Å². The zero-order valence-electron chi connectivity index (χ0n) is 6.99. The molecule has 0 aliphatic rings. The van der Waals surface area contributed by atoms with Gasteiger partial charge in [0.15, 0.2) is 0 Å². The van der Waals surface area contributed by atoms with Crippen LogP contribution in [-0.4, -0.2) is 13.4 Å². The highest BCUT2D eigenvalue weighted by atomic mass is 35.7. The molecule has 2 rings (SSSR count). The van der Waals surface area contributed by atoms with Crippen molar-refractivity contribution in [2.45, 2.75) is 0 Å². The second-order valence-electron chi connectivity index (χ2n) is 2.79. The number of halogens is 1. The first-order chi connectivity index (χ1) is 6.56. The molecule has 0 atom stereocenters. The predicted molar refractivity (Wildman–Crippen MR) is 56.7 cm³/mol. The highest BCUT2D eigenvalue weighted by Gasteiger charge is 2.07. The summed E-state index contributed by atoms with van der Waals surface area (Å²) in [6.45, 7) is 0. The van der Waals surface area contributed by atoms with Crippen molar-refractivity contribution < 1.29 is 8.42 Å². The summed E-state index contributed by atoms with van der Waals surface area (Å²) in [5.41, 5.74) is 1.17. The van der Waals surface area contributed by atoms with Gasteiger partial charge in [0, 0.05) is 22.3 Å². The van der Waals surface area contributed by atoms with Crippen LogP contribution < -0.4 is 4.72 Å². The van der Waals surface area contributed by atoms with Crippen LogP contribution in [0, 0.1) is 0 Å². The molecule has 0 radical (unpaired) electrons. The Morgan fingerprint density at radius 2 is 2.07 bits per heavy atom. The van der Waals surface area contributed by atoms with E-state index in [1.54, 1.807) is 18.3 Å². The number of benzene rings is 1. The van der Waals surface area contributed by atoms with Crippen LogP contribution in [0.25, 0.3) is 10.9 Å². The van der Waals surface area contributed by atoms with Crippen LogP contribution in [0.5, 0.6) is 0 Å². The third-order valence-electron chi connectivity index (χ3n) is 1.82. The molecule has 2 N–H and O–H groups in total. The van der Waals surface area contributed by atoms with E-state index in [-0.39, 0.29) is 0 Å². The first-order valence-electron chi connectivity index (χ1n) is 3.85. The van der Waals surface area contributed by atoms with Gasteiger partial charge in [-0.3, -0.25) is 4.72 Å². The molecule has 0 amide bonds. The lowest BCUT2D eigenvalue weighted by molar-refractivity contribution is 0.614. The molecule has 4 nitrogen and oxygen atoms in total. The van der Waals surface area contributed by atoms with Gasteiger partial charge in [0.25, 0.3) is 0 Å². The maximum absolute atomic E-state index is 10.8. The highest BCUT2D eigenvalue weighted by molar-refractivity contribution is 8.14. The minimum atomic E-state index is -3.74. The maximum Gasteiger partial charge on any atom is 0.319 e. The largest absolute Gasteiger partial charge is 0.359 e. The minimum Gasteiger partial charge on any atom is -0.359 e. The van der Waals surface area contributed by atoms with Gasteiger partial charge < -0.3 is 4.98 Å². The fourth-order valence-electron chi connectivity index (χ4n) is 1.30. The Kier molecular flexibility index (Phi) is 2.13. The summed E-state index contributed by atoms with van der Waals surface area (Å²) in [5, 5.41) is 0.926. The zero-order valence-corrected chi connectivity index (χ0v) is 8.56. The van der Waals surface area contributed by atoms with Gasteiger partial charge in [0.1, 0.15) is 0 Å². The molecule has 74 valence electrons. The Bertz CT molecular complexity index is 561. The molecule has 1 heterocycles. The van der Waals surface area contributed by atoms with Gasteiger partial charge in [-0.25, -0.2) is 0 Å². The highest BCUT2D eigenvalue weighted by Crippen LogP contribution is 2.22. The molecule has 1 aromatic heterocycles. The molecule has 0 saturated carbocycles. The number of aromatic amines is 1. The van der Waals surface area contributed by atoms with E-state index in [9.17, 15) is 8.42 Å². The van der Waals surface area contributed by atoms with Gasteiger partial charge in [-0.1, -0.05) is 12.1 Å². The number of aromatic nitrogens is 1. The quantitative estimate of drug-likeness (QED) is 0.776. The molecular formula is C8H7ClN2O2S. The molecule has 14 heavy (non-hydrogen) atoms. The van der Waals surface area contributed by atoms with Crippen LogP contribution in [0.1, 0.15) is 0 Å². The Morgan fingerprint density at radius 1 is 1.29 bits per heavy atom. The topological polar surface area (TPSA) is 62.0 Å². The first-order valence-corrected chi connectivity index (χ1v) is 6.16. The summed E-state index contributed by atoms with van der Waals surface area (Å²) in [4.78, 5) is 2.93. The fraction of sp³-hybridized carbons (Fsp3) is 0. The van der Waals surface area contributed by atoms with E-state index in [2.05, 4.69) is 9.71 Å². The zero-order chi connectivity index (χ0) is 10.2. The van der Waals surface area contributed by atoms with Gasteiger partial charge >= 0.3 is 9.24 Å². The number of para-hydroxylation sites is 1. The van der Waals surface area contributed by atoms with Gasteiger partial charge in [-0.15, -0.1) is 0 Å². The van der Waals surface area contributed by atoms with Crippen LogP contribution in [0.2, 0.25) is 0 Å². The average Bonchev–Trinajstić information content (AvgIpc) is 2.49. The summed E-state index contributed by atoms with van der Waals surface area (Å²) in [6.07, 6.45) is 1.73. The van der Waals surface area contributed by atoms with Crippen LogP contribution in [0.15, 0.2) is 30.5 Å². The van der Waals surface area contributed by atoms with E-state index in [4.69, 9.17) is 10.7 Å². The summed E-state index contributed by atoms with van der Waals surface area (Å²) < 4.78 is 23.8. The Morgan fingerprint density at radius 3 is 2.79 bits per heavy atom. The first kappa shape index (κ1) is 9.36. The third kappa shape index (κ3) is 1.83. The van der Waals surface area contributed by atoms with Crippen molar-refractivity contribution in [3.8, 4) is 0 Å². The van der Waals surface area contributed by atoms with E-state index in [1.165, 1.54) is 0 Å². The average molecular weight is 231 g/mol. The van der Waals surface area contributed by atoms with Crippen molar-refractivity contribution in [2.24, 2.45) is 0 Å². The molecule has 0 unspecified atom stereocenters. The summed E-state index contributed by atoms with van der Waals surface area (Å²) in [6, 6.07) is 7.11. The van der Waals surface area contributed by atoms with Crippen molar-refractivity contribution in [1.82, 2.24) is 4.98 Å². The van der Waals surface area contributed by atoms with Gasteiger partial charge in [-0.05, 0) is 12.1 Å². The van der Waals surface area contributed by atoms with E-state index >= 15 is 0 Å². The SMILES string of the molecule is O=S(=O)(Cl)Nc1cccc2cc[nH]c12. The van der Waals surface area contributed by atoms with Crippen molar-refractivity contribution in [3.63, 3.8) is 0 Å². The van der Waals surface area contributed by atoms with Gasteiger partial charge in [-0.2, -0.15) is 8.42 Å². The van der Waals surface area contributed by atoms with Crippen molar-refractivity contribution in [2.75, 3.05) is 4.72 Å². The smallest absolute Gasteiger partial charge is 0.319 e. The molecule has 0 saturated heterocycles. The normalized spacial score (nSPS) is 11.8. The molecule has 0 aliphatic heterocycles. The monoisotopic (exact) mass is 230 g/mol. The van der Waals surface area contributed by atoms with E-state index in [0.717, 1.165) is 10.9 Å². The minimum absolute atomic E-state index is 0.447. The molecular weight excluding hydrogens is 224 g/mol. The number of H-pyrrole nitrogens is 1. The number of rotatable bonds is 2. The standard InChI is InChI=1S/C8H7ClN2O2S/c9-14(12,13)11-7-3-1-2-6-4-5-10-8(6)7/h1-5,10-11H. The number of anilines is 1. The molecule has 1 aromatic carbocycles. The molecule has 2 aromatic rings. The Labute approximate surface area is 85.4 Å². The van der Waals surface area contributed by atoms with E-state index < -0.39 is 9.24 Å². The number of nitrogens with one attached hydrogen (secondary N) is 2. The Balaban J connectivity index is 2.57. The van der Waals surface area contributed by atoms with Crippen LogP contribution >= 0.6 is 10.7 Å². The molecule has 0 bridgehead atoms. The predicted octanol–water partition coefficient (Wildman–Crippen LogP) is 2.06. The lowest BCUT2D eigenvalue weighted by Crippen LogP contribution is -2.04. The van der Waals surface area contributed by atoms with Gasteiger partial charge in [0.05, 0.1) is 11.2 Å². The maximum atomic E-state index is 10.8. The van der Waals surface area contributed by atoms with Crippen LogP contribution in [-0.2, 0) is 9.24 Å². The van der Waals surface area contributed by atoms with Crippen molar-refractivity contribution >= 4 is 36.5 Å². The Hall–Kier alpha value is -1.20. The second-order valence-corrected chi connectivity index (χ2v) is 5.09. The molecule has 0 spiro atoms. The fourth-order valence-corrected chi connectivity index (χ4v) is 1.98. The molecule has 0 aliphatic carbocycles. The van der Waals surface area contributed by atoms with E-state index in [0.29, 0.717) is 5.69 Å². The van der Waals surface area contributed by atoms with Crippen LogP contribution in [0.4, 0.5) is 5.69 Å². The van der Waals surface area contributed by atoms with Gasteiger partial charge in [0.2, 0.25) is 0 Å². The second kappa shape index (κ2) is 3.18. The third-order valence-corrected chi connectivity index (χ3v) is 2.51. The molecule has 6 heteroatoms. The van der Waals surface area contributed by atoms with E-state index in [1.807, 2.05) is 12.1 Å². The summed E-state index contributed by atoms with van der Waals surface area (Å²) >= 11 is 0. The lowest BCUT2D eigenvalue weighted by Gasteiger charge is -2.02. The lowest BCUT2D eigenvalue weighted by atomic mass is 10.2. The molecule has 0 fully saturated rings. The number of hydrogen-bond donors (Lipinski definition) is 2.